The van der Waals surface area contributed by atoms with Gasteiger partial charge in [-0.3, -0.25) is 12.2 Å². The largest absolute Gasteiger partial charge is 4.00 e. The monoisotopic (exact) mass is 360 g/mol. The minimum Gasteiger partial charge on any atom is -1.00 e. The zero-order valence-corrected chi connectivity index (χ0v) is 15.4. The fraction of sp³-hybridized carbons (Fsp3) is 0.467. The van der Waals surface area contributed by atoms with Gasteiger partial charge < -0.3 is 24.8 Å². The summed E-state index contributed by atoms with van der Waals surface area (Å²) < 4.78 is 0. The molecule has 0 saturated heterocycles. The molecule has 3 heteroatoms. The molecule has 2 aliphatic rings. The third-order valence-electron chi connectivity index (χ3n) is 2.44. The topological polar surface area (TPSA) is 0 Å². The number of halogens is 2. The predicted octanol–water partition coefficient (Wildman–Crippen LogP) is -1.58. The van der Waals surface area contributed by atoms with Crippen molar-refractivity contribution in [1.29, 1.82) is 0 Å². The molecule has 0 aromatic carbocycles. The molecule has 0 aromatic heterocycles. The van der Waals surface area contributed by atoms with Gasteiger partial charge in [0.2, 0.25) is 0 Å². The smallest absolute Gasteiger partial charge is 1.00 e. The van der Waals surface area contributed by atoms with Crippen LogP contribution in [-0.2, 0) is 26.2 Å². The normalized spacial score (nSPS) is 15.3. The number of allylic oxidation sites excluding steroid dienone is 8. The van der Waals surface area contributed by atoms with E-state index in [0.29, 0.717) is 5.41 Å². The molecule has 0 fully saturated rings. The Hall–Kier alpha value is 0.423. The molecule has 0 radical (unpaired) electrons. The van der Waals surface area contributed by atoms with Gasteiger partial charge in [0.1, 0.15) is 0 Å². The number of hydrogen-bond acceptors (Lipinski definition) is 0. The second kappa shape index (κ2) is 11.3. The van der Waals surface area contributed by atoms with Gasteiger partial charge in [-0.2, -0.15) is 17.7 Å². The van der Waals surface area contributed by atoms with E-state index in [2.05, 4.69) is 58.1 Å². The number of hydrogen-bond donors (Lipinski definition) is 0. The van der Waals surface area contributed by atoms with Crippen LogP contribution in [0.15, 0.2) is 35.5 Å². The van der Waals surface area contributed by atoms with Gasteiger partial charge in [-0.1, -0.05) is 26.2 Å². The van der Waals surface area contributed by atoms with Crippen molar-refractivity contribution in [2.24, 2.45) is 5.41 Å². The first-order valence-corrected chi connectivity index (χ1v) is 5.51. The quantitative estimate of drug-likeness (QED) is 0.457. The first kappa shape index (κ1) is 23.5. The maximum absolute atomic E-state index is 3.16. The molecule has 0 amide bonds. The van der Waals surface area contributed by atoms with E-state index < -0.39 is 0 Å². The molecule has 2 rings (SSSR count). The average Bonchev–Trinajstić information content (AvgIpc) is 2.73. The van der Waals surface area contributed by atoms with E-state index in [1.54, 1.807) is 0 Å². The van der Waals surface area contributed by atoms with Crippen LogP contribution in [0.4, 0.5) is 0 Å². The Kier molecular flexibility index (Phi) is 14.7. The van der Waals surface area contributed by atoms with E-state index in [9.17, 15) is 0 Å². The van der Waals surface area contributed by atoms with Crippen LogP contribution in [0.3, 0.4) is 0 Å². The van der Waals surface area contributed by atoms with E-state index >= 15 is 0 Å². The van der Waals surface area contributed by atoms with Crippen molar-refractivity contribution in [2.45, 2.75) is 40.5 Å². The Bertz CT molecular complexity index is 328. The SMILES string of the molecule is CC(C)(C)C1=CC[C-]=C1.CC1=CC[C-]=C1.[Cl-].[Cl-].[Zr+4]. The third kappa shape index (κ3) is 9.37. The Balaban J connectivity index is -0.000000225. The second-order valence-corrected chi connectivity index (χ2v) is 4.96. The summed E-state index contributed by atoms with van der Waals surface area (Å²) in [5.74, 6) is 0. The van der Waals surface area contributed by atoms with Gasteiger partial charge in [0.15, 0.2) is 0 Å². The van der Waals surface area contributed by atoms with Crippen molar-refractivity contribution in [3.05, 3.63) is 47.6 Å². The Morgan fingerprint density at radius 3 is 1.61 bits per heavy atom. The maximum atomic E-state index is 3.16. The van der Waals surface area contributed by atoms with Gasteiger partial charge in [-0.25, -0.2) is 17.7 Å². The van der Waals surface area contributed by atoms with Gasteiger partial charge in [-0.05, 0) is 0 Å². The minimum atomic E-state index is 0. The van der Waals surface area contributed by atoms with Crippen LogP contribution in [0, 0.1) is 17.6 Å². The van der Waals surface area contributed by atoms with Crippen molar-refractivity contribution in [3.63, 3.8) is 0 Å². The molecule has 0 aromatic rings. The Morgan fingerprint density at radius 1 is 0.944 bits per heavy atom. The van der Waals surface area contributed by atoms with Crippen molar-refractivity contribution >= 4 is 0 Å². The summed E-state index contributed by atoms with van der Waals surface area (Å²) in [7, 11) is 0. The summed E-state index contributed by atoms with van der Waals surface area (Å²) in [6, 6.07) is 0. The summed E-state index contributed by atoms with van der Waals surface area (Å²) >= 11 is 0. The van der Waals surface area contributed by atoms with Crippen LogP contribution in [0.25, 0.3) is 0 Å². The van der Waals surface area contributed by atoms with Crippen LogP contribution in [0.2, 0.25) is 0 Å². The van der Waals surface area contributed by atoms with E-state index in [4.69, 9.17) is 0 Å². The first-order valence-electron chi connectivity index (χ1n) is 5.51. The van der Waals surface area contributed by atoms with Crippen LogP contribution < -0.4 is 24.8 Å². The molecule has 18 heavy (non-hydrogen) atoms. The first-order chi connectivity index (χ1) is 7.00. The summed E-state index contributed by atoms with van der Waals surface area (Å²) in [6.45, 7) is 8.76. The van der Waals surface area contributed by atoms with Crippen molar-refractivity contribution < 1.29 is 51.0 Å². The zero-order chi connectivity index (χ0) is 11.3. The molecule has 0 heterocycles. The summed E-state index contributed by atoms with van der Waals surface area (Å²) in [5, 5.41) is 0. The van der Waals surface area contributed by atoms with Gasteiger partial charge in [0.05, 0.1) is 0 Å². The minimum absolute atomic E-state index is 0. The summed E-state index contributed by atoms with van der Waals surface area (Å²) in [5.41, 5.74) is 3.08. The molecular weight excluding hydrogens is 342 g/mol. The Morgan fingerprint density at radius 2 is 1.44 bits per heavy atom. The fourth-order valence-corrected chi connectivity index (χ4v) is 1.42. The molecule has 0 aliphatic heterocycles. The van der Waals surface area contributed by atoms with E-state index in [-0.39, 0.29) is 51.0 Å². The Labute approximate surface area is 144 Å². The van der Waals surface area contributed by atoms with Gasteiger partial charge >= 0.3 is 26.2 Å². The van der Waals surface area contributed by atoms with Crippen LogP contribution in [-0.4, -0.2) is 0 Å². The molecule has 0 saturated carbocycles. The van der Waals surface area contributed by atoms with Crippen molar-refractivity contribution in [3.8, 4) is 0 Å². The molecule has 0 atom stereocenters. The zero-order valence-electron chi connectivity index (χ0n) is 11.5. The van der Waals surface area contributed by atoms with Gasteiger partial charge in [0, 0.05) is 0 Å². The molecule has 98 valence electrons. The fourth-order valence-electron chi connectivity index (χ4n) is 1.42. The third-order valence-corrected chi connectivity index (χ3v) is 2.44. The summed E-state index contributed by atoms with van der Waals surface area (Å²) in [6.07, 6.45) is 16.7. The second-order valence-electron chi connectivity index (χ2n) is 4.96. The summed E-state index contributed by atoms with van der Waals surface area (Å²) in [4.78, 5) is 0. The van der Waals surface area contributed by atoms with Crippen molar-refractivity contribution in [1.82, 2.24) is 0 Å². The van der Waals surface area contributed by atoms with E-state index in [1.165, 1.54) is 11.1 Å². The van der Waals surface area contributed by atoms with E-state index in [1.807, 2.05) is 6.08 Å². The maximum Gasteiger partial charge on any atom is 4.00 e. The van der Waals surface area contributed by atoms with Gasteiger partial charge in [-0.15, -0.1) is 19.8 Å². The number of rotatable bonds is 0. The molecule has 2 aliphatic carbocycles. The van der Waals surface area contributed by atoms with Crippen molar-refractivity contribution in [2.75, 3.05) is 0 Å². The molecule has 0 bridgehead atoms. The van der Waals surface area contributed by atoms with Gasteiger partial charge in [0.25, 0.3) is 0 Å². The molecule has 0 spiro atoms. The van der Waals surface area contributed by atoms with E-state index in [0.717, 1.165) is 12.8 Å². The van der Waals surface area contributed by atoms with Crippen LogP contribution in [0.5, 0.6) is 0 Å². The molecule has 0 N–H and O–H groups in total. The van der Waals surface area contributed by atoms with Crippen LogP contribution in [0.1, 0.15) is 40.5 Å². The molecule has 0 unspecified atom stereocenters. The predicted molar refractivity (Wildman–Crippen MR) is 66.2 cm³/mol. The van der Waals surface area contributed by atoms with Crippen LogP contribution >= 0.6 is 0 Å². The molecule has 0 nitrogen and oxygen atoms in total. The molecular formula is C15H20Cl2Zr. The average molecular weight is 362 g/mol. The standard InChI is InChI=1S/C9H13.C6H7.2ClH.Zr/c1-9(2,3)8-6-4-5-7-8;1-6-4-2-3-5-6;;;/h6-7H,4H2,1-3H3;4-5H,2H2,1H3;2*1H;/q2*-1;;;+4/p-2.